The Morgan fingerprint density at radius 1 is 0.245 bits per heavy atom. The first-order chi connectivity index (χ1) is 24.3. The van der Waals surface area contributed by atoms with Gasteiger partial charge in [0.15, 0.2) is 0 Å². The summed E-state index contributed by atoms with van der Waals surface area (Å²) < 4.78 is 7.32. The molecule has 0 aliphatic heterocycles. The number of hydrogen-bond donors (Lipinski definition) is 0. The summed E-state index contributed by atoms with van der Waals surface area (Å²) in [6.45, 7) is 0. The standard InChI is InChI=1S/C46H29N3/c1-3-14-31(15-4-1)47-41-21-11-9-19-35(41)37-26-24-33(27-43(37)47)48-42-22-12-10-20-36(42)39-28-40-38-25-23-30-13-7-8-18-34(30)46(38)49(45(40)29-44(39)48)32-16-5-2-6-17-32/h1-29H. The van der Waals surface area contributed by atoms with Crippen molar-refractivity contribution >= 4 is 76.2 Å². The number of fused-ring (bicyclic) bond motifs is 11. The molecule has 3 nitrogen and oxygen atoms in total. The lowest BCUT2D eigenvalue weighted by Gasteiger charge is -2.12. The maximum atomic E-state index is 2.46. The van der Waals surface area contributed by atoms with Crippen molar-refractivity contribution < 1.29 is 0 Å². The van der Waals surface area contributed by atoms with Gasteiger partial charge in [-0.1, -0.05) is 115 Å². The minimum absolute atomic E-state index is 1.14. The first-order valence-electron chi connectivity index (χ1n) is 16.9. The van der Waals surface area contributed by atoms with E-state index in [1.54, 1.807) is 0 Å². The Bertz CT molecular complexity index is 3090. The van der Waals surface area contributed by atoms with E-state index in [1.807, 2.05) is 0 Å². The second kappa shape index (κ2) is 9.96. The summed E-state index contributed by atoms with van der Waals surface area (Å²) in [6.07, 6.45) is 0. The number of rotatable bonds is 3. The zero-order chi connectivity index (χ0) is 32.1. The second-order valence-corrected chi connectivity index (χ2v) is 13.0. The van der Waals surface area contributed by atoms with E-state index in [4.69, 9.17) is 0 Å². The van der Waals surface area contributed by atoms with Crippen molar-refractivity contribution in [2.75, 3.05) is 0 Å². The molecule has 0 aliphatic rings. The van der Waals surface area contributed by atoms with Gasteiger partial charge in [0.25, 0.3) is 0 Å². The molecule has 0 saturated carbocycles. The highest BCUT2D eigenvalue weighted by Gasteiger charge is 2.21. The van der Waals surface area contributed by atoms with Crippen molar-refractivity contribution in [1.29, 1.82) is 0 Å². The van der Waals surface area contributed by atoms with Crippen LogP contribution in [-0.4, -0.2) is 13.7 Å². The van der Waals surface area contributed by atoms with Crippen LogP contribution in [0.4, 0.5) is 0 Å². The molecule has 0 unspecified atom stereocenters. The van der Waals surface area contributed by atoms with E-state index in [1.165, 1.54) is 76.2 Å². The quantitative estimate of drug-likeness (QED) is 0.186. The molecule has 3 aromatic heterocycles. The Hall–Kier alpha value is -6.58. The van der Waals surface area contributed by atoms with Crippen LogP contribution in [0.3, 0.4) is 0 Å². The van der Waals surface area contributed by atoms with Crippen molar-refractivity contribution in [1.82, 2.24) is 13.7 Å². The van der Waals surface area contributed by atoms with Crippen LogP contribution in [0.25, 0.3) is 93.3 Å². The van der Waals surface area contributed by atoms with Gasteiger partial charge >= 0.3 is 0 Å². The number of nitrogens with zero attached hydrogens (tertiary/aromatic N) is 3. The van der Waals surface area contributed by atoms with E-state index in [0.29, 0.717) is 0 Å². The predicted octanol–water partition coefficient (Wildman–Crippen LogP) is 12.1. The fourth-order valence-electron chi connectivity index (χ4n) is 8.32. The third kappa shape index (κ3) is 3.67. The molecular formula is C46H29N3. The lowest BCUT2D eigenvalue weighted by atomic mass is 10.0. The summed E-state index contributed by atoms with van der Waals surface area (Å²) in [5.41, 5.74) is 10.7. The maximum absolute atomic E-state index is 2.46. The Kier molecular flexibility index (Phi) is 5.38. The lowest BCUT2D eigenvalue weighted by Crippen LogP contribution is -1.97. The summed E-state index contributed by atoms with van der Waals surface area (Å²) >= 11 is 0. The van der Waals surface area contributed by atoms with Gasteiger partial charge < -0.3 is 13.7 Å². The van der Waals surface area contributed by atoms with Gasteiger partial charge in [0, 0.05) is 54.8 Å². The molecule has 3 heteroatoms. The second-order valence-electron chi connectivity index (χ2n) is 13.0. The predicted molar refractivity (Wildman–Crippen MR) is 207 cm³/mol. The zero-order valence-electron chi connectivity index (χ0n) is 26.6. The summed E-state index contributed by atoms with van der Waals surface area (Å²) in [4.78, 5) is 0. The van der Waals surface area contributed by atoms with Crippen LogP contribution < -0.4 is 0 Å². The van der Waals surface area contributed by atoms with Gasteiger partial charge in [0.05, 0.1) is 33.1 Å². The highest BCUT2D eigenvalue weighted by atomic mass is 15.0. The summed E-state index contributed by atoms with van der Waals surface area (Å²) in [7, 11) is 0. The fraction of sp³-hybridized carbons (Fsp3) is 0. The summed E-state index contributed by atoms with van der Waals surface area (Å²) in [6, 6.07) is 64.2. The van der Waals surface area contributed by atoms with E-state index in [-0.39, 0.29) is 0 Å². The van der Waals surface area contributed by atoms with Gasteiger partial charge in [-0.25, -0.2) is 0 Å². The zero-order valence-corrected chi connectivity index (χ0v) is 26.6. The molecule has 0 spiro atoms. The van der Waals surface area contributed by atoms with Gasteiger partial charge in [-0.3, -0.25) is 0 Å². The first kappa shape index (κ1) is 26.5. The average Bonchev–Trinajstić information content (AvgIpc) is 3.79. The Morgan fingerprint density at radius 3 is 1.47 bits per heavy atom. The summed E-state index contributed by atoms with van der Waals surface area (Å²) in [5, 5.41) is 10.1. The number of para-hydroxylation sites is 4. The van der Waals surface area contributed by atoms with Crippen LogP contribution in [0, 0.1) is 0 Å². The maximum Gasteiger partial charge on any atom is 0.0619 e. The molecule has 0 atom stereocenters. The SMILES string of the molecule is c1ccc(-n2c3ccccc3c3ccc(-n4c5ccccc5c5cc6c7ccc8ccccc8c7n(-c7ccccc7)c6cc54)cc32)cc1. The molecule has 3 heterocycles. The van der Waals surface area contributed by atoms with Crippen LogP contribution in [0.5, 0.6) is 0 Å². The van der Waals surface area contributed by atoms with E-state index in [9.17, 15) is 0 Å². The van der Waals surface area contributed by atoms with Crippen molar-refractivity contribution in [3.05, 3.63) is 176 Å². The molecule has 0 N–H and O–H groups in total. The van der Waals surface area contributed by atoms with Crippen molar-refractivity contribution in [3.63, 3.8) is 0 Å². The number of hydrogen-bond acceptors (Lipinski definition) is 0. The molecule has 49 heavy (non-hydrogen) atoms. The topological polar surface area (TPSA) is 14.8 Å². The minimum atomic E-state index is 1.14. The van der Waals surface area contributed by atoms with Gasteiger partial charge in [0.1, 0.15) is 0 Å². The van der Waals surface area contributed by atoms with Gasteiger partial charge in [-0.2, -0.15) is 0 Å². The third-order valence-electron chi connectivity index (χ3n) is 10.4. The monoisotopic (exact) mass is 623 g/mol. The Morgan fingerprint density at radius 2 is 0.735 bits per heavy atom. The Labute approximate surface area is 282 Å². The van der Waals surface area contributed by atoms with Crippen LogP contribution in [0.15, 0.2) is 176 Å². The van der Waals surface area contributed by atoms with Gasteiger partial charge in [-0.15, -0.1) is 0 Å². The molecule has 0 amide bonds. The molecule has 0 bridgehead atoms. The number of benzene rings is 8. The molecule has 0 aliphatic carbocycles. The van der Waals surface area contributed by atoms with Crippen LogP contribution >= 0.6 is 0 Å². The molecule has 11 aromatic rings. The van der Waals surface area contributed by atoms with Gasteiger partial charge in [0.2, 0.25) is 0 Å². The lowest BCUT2D eigenvalue weighted by molar-refractivity contribution is 1.15. The first-order valence-corrected chi connectivity index (χ1v) is 16.9. The van der Waals surface area contributed by atoms with E-state index >= 15 is 0 Å². The highest BCUT2D eigenvalue weighted by molar-refractivity contribution is 6.23. The summed E-state index contributed by atoms with van der Waals surface area (Å²) in [5.74, 6) is 0. The molecular weight excluding hydrogens is 595 g/mol. The molecule has 8 aromatic carbocycles. The van der Waals surface area contributed by atoms with Crippen LogP contribution in [0.2, 0.25) is 0 Å². The third-order valence-corrected chi connectivity index (χ3v) is 10.4. The van der Waals surface area contributed by atoms with Gasteiger partial charge in [-0.05, 0) is 66.0 Å². The van der Waals surface area contributed by atoms with Crippen LogP contribution in [-0.2, 0) is 0 Å². The van der Waals surface area contributed by atoms with E-state index in [0.717, 1.165) is 17.1 Å². The average molecular weight is 624 g/mol. The minimum Gasteiger partial charge on any atom is -0.309 e. The number of aromatic nitrogens is 3. The molecule has 0 fully saturated rings. The molecule has 11 rings (SSSR count). The largest absolute Gasteiger partial charge is 0.309 e. The fourth-order valence-corrected chi connectivity index (χ4v) is 8.32. The smallest absolute Gasteiger partial charge is 0.0619 e. The van der Waals surface area contributed by atoms with Crippen molar-refractivity contribution in [2.24, 2.45) is 0 Å². The molecule has 0 saturated heterocycles. The highest BCUT2D eigenvalue weighted by Crippen LogP contribution is 2.42. The molecule has 228 valence electrons. The van der Waals surface area contributed by atoms with Crippen LogP contribution in [0.1, 0.15) is 0 Å². The van der Waals surface area contributed by atoms with E-state index < -0.39 is 0 Å². The molecule has 0 radical (unpaired) electrons. The van der Waals surface area contributed by atoms with Crippen molar-refractivity contribution in [3.8, 4) is 17.1 Å². The Balaban J connectivity index is 1.28. The van der Waals surface area contributed by atoms with Crippen molar-refractivity contribution in [2.45, 2.75) is 0 Å². The normalized spacial score (nSPS) is 12.1. The van der Waals surface area contributed by atoms with E-state index in [2.05, 4.69) is 190 Å².